The van der Waals surface area contributed by atoms with Crippen LogP contribution in [0.15, 0.2) is 18.2 Å². The van der Waals surface area contributed by atoms with Crippen molar-refractivity contribution >= 4 is 55.0 Å². The van der Waals surface area contributed by atoms with Crippen molar-refractivity contribution < 1.29 is 17.9 Å². The summed E-state index contributed by atoms with van der Waals surface area (Å²) in [4.78, 5) is 17.6. The number of rotatable bonds is 6. The molecular weight excluding hydrogens is 563 g/mol. The molecule has 210 valence electrons. The first kappa shape index (κ1) is 26.0. The van der Waals surface area contributed by atoms with Crippen molar-refractivity contribution in [1.82, 2.24) is 25.2 Å². The lowest BCUT2D eigenvalue weighted by Gasteiger charge is -2.36. The standard InChI is InChI=1S/C27H27ClF3N7OS/c1-12(7-37-8-13(29)9-37)39-27-35-22-17(25(36-27)38-10-14-2-3-15(11-38)33-14)6-18(28)20(21(22)31)16-4-5-19(30)24-23(16)34-26(32)40-24/h4-6,12-15,33H,2-3,7-11H2,1H3,(H2,32,34). The molecule has 0 aliphatic carbocycles. The molecule has 0 amide bonds. The molecule has 0 spiro atoms. The Balaban J connectivity index is 1.36. The van der Waals surface area contributed by atoms with Gasteiger partial charge < -0.3 is 20.7 Å². The van der Waals surface area contributed by atoms with Crippen molar-refractivity contribution in [3.8, 4) is 17.1 Å². The normalized spacial score (nSPS) is 22.3. The van der Waals surface area contributed by atoms with E-state index in [-0.39, 0.29) is 43.6 Å². The van der Waals surface area contributed by atoms with Gasteiger partial charge in [0.1, 0.15) is 29.4 Å². The van der Waals surface area contributed by atoms with E-state index in [1.54, 1.807) is 6.07 Å². The van der Waals surface area contributed by atoms with Gasteiger partial charge in [-0.2, -0.15) is 9.97 Å². The van der Waals surface area contributed by atoms with Gasteiger partial charge in [-0.05, 0) is 38.0 Å². The van der Waals surface area contributed by atoms with Crippen molar-refractivity contribution in [3.63, 3.8) is 0 Å². The van der Waals surface area contributed by atoms with Crippen LogP contribution in [0.3, 0.4) is 0 Å². The molecule has 3 N–H and O–H groups in total. The summed E-state index contributed by atoms with van der Waals surface area (Å²) in [6.07, 6.45) is 0.961. The van der Waals surface area contributed by atoms with Gasteiger partial charge in [-0.15, -0.1) is 0 Å². The van der Waals surface area contributed by atoms with Gasteiger partial charge in [-0.1, -0.05) is 22.9 Å². The lowest BCUT2D eigenvalue weighted by Crippen LogP contribution is -2.51. The molecule has 40 heavy (non-hydrogen) atoms. The number of alkyl halides is 1. The minimum Gasteiger partial charge on any atom is -0.459 e. The van der Waals surface area contributed by atoms with Gasteiger partial charge in [0.15, 0.2) is 10.9 Å². The third-order valence-corrected chi connectivity index (χ3v) is 9.07. The number of anilines is 2. The van der Waals surface area contributed by atoms with Crippen LogP contribution in [0.25, 0.3) is 32.2 Å². The van der Waals surface area contributed by atoms with Crippen LogP contribution in [0.2, 0.25) is 5.02 Å². The highest BCUT2D eigenvalue weighted by molar-refractivity contribution is 7.22. The van der Waals surface area contributed by atoms with Crippen LogP contribution in [-0.4, -0.2) is 76.9 Å². The molecule has 4 aromatic rings. The van der Waals surface area contributed by atoms with Crippen molar-refractivity contribution in [3.05, 3.63) is 34.9 Å². The van der Waals surface area contributed by atoms with Crippen LogP contribution in [0.1, 0.15) is 19.8 Å². The molecule has 3 aliphatic heterocycles. The maximum atomic E-state index is 16.5. The lowest BCUT2D eigenvalue weighted by atomic mass is 10.0. The third-order valence-electron chi connectivity index (χ3n) is 7.87. The molecule has 13 heteroatoms. The monoisotopic (exact) mass is 589 g/mol. The zero-order chi connectivity index (χ0) is 27.7. The Kier molecular flexibility index (Phi) is 6.41. The largest absolute Gasteiger partial charge is 0.459 e. The van der Waals surface area contributed by atoms with E-state index in [1.165, 1.54) is 12.1 Å². The van der Waals surface area contributed by atoms with Gasteiger partial charge in [0.05, 0.1) is 15.2 Å². The van der Waals surface area contributed by atoms with Crippen LogP contribution < -0.4 is 20.7 Å². The van der Waals surface area contributed by atoms with E-state index in [1.807, 2.05) is 11.8 Å². The molecule has 7 rings (SSSR count). The van der Waals surface area contributed by atoms with E-state index in [9.17, 15) is 8.78 Å². The number of fused-ring (bicyclic) bond motifs is 4. The number of benzene rings is 2. The van der Waals surface area contributed by atoms with Gasteiger partial charge in [-0.25, -0.2) is 18.2 Å². The number of nitrogens with one attached hydrogen (secondary N) is 1. The summed E-state index contributed by atoms with van der Waals surface area (Å²) >= 11 is 7.73. The summed E-state index contributed by atoms with van der Waals surface area (Å²) in [6, 6.07) is 5.03. The van der Waals surface area contributed by atoms with Crippen LogP contribution in [0.4, 0.5) is 24.1 Å². The number of hydrogen-bond donors (Lipinski definition) is 2. The van der Waals surface area contributed by atoms with Crippen molar-refractivity contribution in [2.75, 3.05) is 43.4 Å². The zero-order valence-corrected chi connectivity index (χ0v) is 23.2. The topological polar surface area (TPSA) is 92.4 Å². The smallest absolute Gasteiger partial charge is 0.319 e. The lowest BCUT2D eigenvalue weighted by molar-refractivity contribution is 0.0323. The maximum absolute atomic E-state index is 16.5. The van der Waals surface area contributed by atoms with Gasteiger partial charge in [0.25, 0.3) is 0 Å². The van der Waals surface area contributed by atoms with E-state index >= 15 is 4.39 Å². The highest BCUT2D eigenvalue weighted by Crippen LogP contribution is 2.43. The number of nitrogens with two attached hydrogens (primary N) is 1. The molecule has 2 aromatic heterocycles. The number of nitrogens with zero attached hydrogens (tertiary/aromatic N) is 5. The Morgan fingerprint density at radius 3 is 2.60 bits per heavy atom. The van der Waals surface area contributed by atoms with E-state index < -0.39 is 17.8 Å². The Morgan fingerprint density at radius 1 is 1.12 bits per heavy atom. The van der Waals surface area contributed by atoms with Gasteiger partial charge in [0, 0.05) is 61.3 Å². The van der Waals surface area contributed by atoms with Crippen molar-refractivity contribution in [2.24, 2.45) is 0 Å². The number of likely N-dealkylation sites (tertiary alicyclic amines) is 1. The number of thiazole rings is 1. The predicted octanol–water partition coefficient (Wildman–Crippen LogP) is 4.78. The Morgan fingerprint density at radius 2 is 1.88 bits per heavy atom. The second-order valence-electron chi connectivity index (χ2n) is 10.9. The average molecular weight is 590 g/mol. The molecule has 0 saturated carbocycles. The number of nitrogen functional groups attached to an aromatic ring is 1. The first-order valence-electron chi connectivity index (χ1n) is 13.3. The zero-order valence-electron chi connectivity index (χ0n) is 21.6. The first-order chi connectivity index (χ1) is 19.2. The maximum Gasteiger partial charge on any atom is 0.319 e. The summed E-state index contributed by atoms with van der Waals surface area (Å²) in [6.45, 7) is 4.51. The third kappa shape index (κ3) is 4.50. The molecule has 3 fully saturated rings. The van der Waals surface area contributed by atoms with Gasteiger partial charge >= 0.3 is 6.01 Å². The molecule has 8 nitrogen and oxygen atoms in total. The molecule has 3 aliphatic rings. The Hall–Kier alpha value is -2.93. The summed E-state index contributed by atoms with van der Waals surface area (Å²) in [5.41, 5.74) is 6.53. The molecule has 3 saturated heterocycles. The Labute approximate surface area is 237 Å². The average Bonchev–Trinajstić information content (AvgIpc) is 3.45. The highest BCUT2D eigenvalue weighted by atomic mass is 35.5. The second-order valence-corrected chi connectivity index (χ2v) is 12.3. The number of halogens is 4. The van der Waals surface area contributed by atoms with Crippen LogP contribution in [0, 0.1) is 11.6 Å². The highest BCUT2D eigenvalue weighted by Gasteiger charge is 2.35. The van der Waals surface area contributed by atoms with E-state index in [2.05, 4.69) is 20.2 Å². The fraction of sp³-hybridized carbons (Fsp3) is 0.444. The van der Waals surface area contributed by atoms with E-state index in [4.69, 9.17) is 27.1 Å². The summed E-state index contributed by atoms with van der Waals surface area (Å²) < 4.78 is 50.7. The molecule has 3 atom stereocenters. The van der Waals surface area contributed by atoms with E-state index in [0.29, 0.717) is 61.6 Å². The molecule has 0 radical (unpaired) electrons. The van der Waals surface area contributed by atoms with Gasteiger partial charge in [0.2, 0.25) is 0 Å². The predicted molar refractivity (Wildman–Crippen MR) is 151 cm³/mol. The van der Waals surface area contributed by atoms with E-state index in [0.717, 1.165) is 24.2 Å². The van der Waals surface area contributed by atoms with Crippen molar-refractivity contribution in [2.45, 2.75) is 44.1 Å². The molecule has 5 heterocycles. The minimum absolute atomic E-state index is 0.0347. The first-order valence-corrected chi connectivity index (χ1v) is 14.5. The minimum atomic E-state index is -0.818. The van der Waals surface area contributed by atoms with Crippen LogP contribution in [0.5, 0.6) is 6.01 Å². The number of ether oxygens (including phenoxy) is 1. The molecular formula is C27H27ClF3N7OS. The fourth-order valence-corrected chi connectivity index (χ4v) is 7.16. The second kappa shape index (κ2) is 9.86. The Bertz CT molecular complexity index is 1620. The van der Waals surface area contributed by atoms with Gasteiger partial charge in [-0.3, -0.25) is 4.90 Å². The summed E-state index contributed by atoms with van der Waals surface area (Å²) in [5.74, 6) is -0.619. The molecule has 3 unspecified atom stereocenters. The SMILES string of the molecule is CC(CN1CC(F)C1)Oc1nc(N2CC3CCC(C2)N3)c2cc(Cl)c(-c3ccc(F)c4sc(N)nc34)c(F)c2n1. The van der Waals surface area contributed by atoms with Crippen molar-refractivity contribution in [1.29, 1.82) is 0 Å². The number of aromatic nitrogens is 3. The molecule has 2 aromatic carbocycles. The number of hydrogen-bond acceptors (Lipinski definition) is 9. The van der Waals surface area contributed by atoms with Crippen LogP contribution >= 0.6 is 22.9 Å². The summed E-state index contributed by atoms with van der Waals surface area (Å²) in [7, 11) is 0. The quantitative estimate of drug-likeness (QED) is 0.332. The summed E-state index contributed by atoms with van der Waals surface area (Å²) in [5, 5.41) is 4.37. The molecule has 2 bridgehead atoms. The fourth-order valence-electron chi connectivity index (χ4n) is 6.10. The number of piperazine rings is 1. The van der Waals surface area contributed by atoms with Crippen LogP contribution in [-0.2, 0) is 0 Å².